The van der Waals surface area contributed by atoms with E-state index in [1.165, 1.54) is 0 Å². The van der Waals surface area contributed by atoms with Crippen molar-refractivity contribution in [1.82, 2.24) is 24.8 Å². The molecule has 30 heavy (non-hydrogen) atoms. The molecule has 1 aliphatic rings. The predicted octanol–water partition coefficient (Wildman–Crippen LogP) is 1.86. The Morgan fingerprint density at radius 1 is 1.40 bits per heavy atom. The number of amides is 1. The van der Waals surface area contributed by atoms with Gasteiger partial charge in [0.2, 0.25) is 5.95 Å². The van der Waals surface area contributed by atoms with Crippen LogP contribution in [0.5, 0.6) is 0 Å². The number of anilines is 1. The highest BCUT2D eigenvalue weighted by Gasteiger charge is 2.20. The summed E-state index contributed by atoms with van der Waals surface area (Å²) in [6.07, 6.45) is 4.91. The van der Waals surface area contributed by atoms with Crippen LogP contribution >= 0.6 is 11.6 Å². The number of halogens is 1. The van der Waals surface area contributed by atoms with Gasteiger partial charge >= 0.3 is 0 Å². The molecule has 3 aromatic rings. The van der Waals surface area contributed by atoms with Gasteiger partial charge in [0.25, 0.3) is 5.91 Å². The molecule has 0 saturated carbocycles. The fourth-order valence-corrected chi connectivity index (χ4v) is 3.25. The summed E-state index contributed by atoms with van der Waals surface area (Å²) in [7, 11) is 0. The molecule has 0 bridgehead atoms. The molecule has 1 unspecified atom stereocenters. The normalized spacial score (nSPS) is 14.8. The van der Waals surface area contributed by atoms with Gasteiger partial charge in [0.15, 0.2) is 0 Å². The number of hydrogen-bond donors (Lipinski definition) is 3. The average molecular weight is 428 g/mol. The minimum Gasteiger partial charge on any atom is -0.377 e. The van der Waals surface area contributed by atoms with Crippen LogP contribution in [0.1, 0.15) is 27.7 Å². The third-order valence-electron chi connectivity index (χ3n) is 4.77. The molecule has 156 valence electrons. The summed E-state index contributed by atoms with van der Waals surface area (Å²) in [6.45, 7) is 3.40. The zero-order chi connectivity index (χ0) is 21.1. The monoisotopic (exact) mass is 427 g/mol. The molecule has 0 radical (unpaired) electrons. The van der Waals surface area contributed by atoms with Gasteiger partial charge in [-0.05, 0) is 24.6 Å². The maximum absolute atomic E-state index is 12.7. The molecule has 4 N–H and O–H groups in total. The molecule has 1 amide bonds. The first-order chi connectivity index (χ1) is 14.5. The highest BCUT2D eigenvalue weighted by Crippen LogP contribution is 2.18. The Kier molecular flexibility index (Phi) is 5.93. The molecule has 0 aliphatic carbocycles. The van der Waals surface area contributed by atoms with Crippen LogP contribution in [0.2, 0.25) is 5.02 Å². The van der Waals surface area contributed by atoms with E-state index in [0.29, 0.717) is 30.0 Å². The maximum atomic E-state index is 12.7. The summed E-state index contributed by atoms with van der Waals surface area (Å²) in [4.78, 5) is 25.8. The van der Waals surface area contributed by atoms with E-state index in [1.54, 1.807) is 35.4 Å². The Morgan fingerprint density at radius 2 is 2.23 bits per heavy atom. The average Bonchev–Trinajstić information content (AvgIpc) is 3.20. The lowest BCUT2D eigenvalue weighted by Crippen LogP contribution is -2.40. The largest absolute Gasteiger partial charge is 0.377 e. The first-order valence-corrected chi connectivity index (χ1v) is 9.90. The molecule has 1 aliphatic heterocycles. The van der Waals surface area contributed by atoms with E-state index in [1.807, 2.05) is 19.1 Å². The topological polar surface area (TPSA) is 120 Å². The van der Waals surface area contributed by atoms with Gasteiger partial charge in [-0.25, -0.2) is 9.97 Å². The Morgan fingerprint density at radius 3 is 2.93 bits per heavy atom. The first kappa shape index (κ1) is 20.3. The van der Waals surface area contributed by atoms with Crippen LogP contribution in [0.4, 0.5) is 5.95 Å². The lowest BCUT2D eigenvalue weighted by Gasteiger charge is -2.26. The fraction of sp³-hybridized carbons (Fsp3) is 0.300. The number of nitrogens with one attached hydrogen (secondary N) is 2. The molecule has 2 aromatic heterocycles. The lowest BCUT2D eigenvalue weighted by atomic mass is 10.1. The smallest absolute Gasteiger partial charge is 0.272 e. The number of aryl methyl sites for hydroxylation is 1. The molecule has 10 heteroatoms. The molecule has 1 atom stereocenters. The molecule has 4 rings (SSSR count). The third kappa shape index (κ3) is 4.43. The zero-order valence-electron chi connectivity index (χ0n) is 16.4. The Labute approximate surface area is 178 Å². The van der Waals surface area contributed by atoms with Gasteiger partial charge in [0, 0.05) is 29.5 Å². The number of ether oxygens (including phenoxy) is 1. The maximum Gasteiger partial charge on any atom is 0.272 e. The second kappa shape index (κ2) is 8.78. The van der Waals surface area contributed by atoms with Crippen LogP contribution < -0.4 is 16.4 Å². The van der Waals surface area contributed by atoms with Crippen molar-refractivity contribution >= 4 is 23.5 Å². The van der Waals surface area contributed by atoms with Gasteiger partial charge in [-0.2, -0.15) is 4.98 Å². The summed E-state index contributed by atoms with van der Waals surface area (Å²) in [6, 6.07) is 7.08. The van der Waals surface area contributed by atoms with Gasteiger partial charge in [0.05, 0.1) is 25.3 Å². The van der Waals surface area contributed by atoms with Crippen LogP contribution in [-0.4, -0.2) is 51.2 Å². The standard InChI is InChI=1S/C20H22ClN7O2/c1-12-7-23-20(25-15-9-30-10-15)27-18(12)28-8-17(24-11-28)19(29)26-16(6-22)13-3-2-4-14(21)5-13/h2-5,7-8,11,15-16H,6,9-10,22H2,1H3,(H,26,29)(H,23,25,27). The molecule has 1 saturated heterocycles. The van der Waals surface area contributed by atoms with E-state index in [-0.39, 0.29) is 30.2 Å². The van der Waals surface area contributed by atoms with E-state index in [0.717, 1.165) is 11.1 Å². The van der Waals surface area contributed by atoms with Gasteiger partial charge in [-0.15, -0.1) is 0 Å². The Hall–Kier alpha value is -3.01. The number of rotatable bonds is 7. The minimum atomic E-state index is -0.373. The predicted molar refractivity (Wildman–Crippen MR) is 113 cm³/mol. The van der Waals surface area contributed by atoms with E-state index < -0.39 is 0 Å². The third-order valence-corrected chi connectivity index (χ3v) is 5.00. The van der Waals surface area contributed by atoms with Crippen molar-refractivity contribution < 1.29 is 9.53 Å². The van der Waals surface area contributed by atoms with Crippen LogP contribution in [-0.2, 0) is 4.74 Å². The van der Waals surface area contributed by atoms with Crippen molar-refractivity contribution in [2.75, 3.05) is 25.1 Å². The van der Waals surface area contributed by atoms with Gasteiger partial charge in [-0.3, -0.25) is 9.36 Å². The molecular formula is C20H22ClN7O2. The highest BCUT2D eigenvalue weighted by molar-refractivity contribution is 6.30. The van der Waals surface area contributed by atoms with Crippen molar-refractivity contribution in [3.8, 4) is 5.82 Å². The van der Waals surface area contributed by atoms with Gasteiger partial charge in [0.1, 0.15) is 17.8 Å². The second-order valence-electron chi connectivity index (χ2n) is 7.06. The fourth-order valence-electron chi connectivity index (χ4n) is 3.06. The summed E-state index contributed by atoms with van der Waals surface area (Å²) < 4.78 is 6.86. The van der Waals surface area contributed by atoms with E-state index in [9.17, 15) is 4.79 Å². The van der Waals surface area contributed by atoms with Gasteiger partial charge < -0.3 is 21.1 Å². The highest BCUT2D eigenvalue weighted by atomic mass is 35.5. The van der Waals surface area contributed by atoms with Crippen molar-refractivity contribution in [2.24, 2.45) is 5.73 Å². The number of nitrogens with zero attached hydrogens (tertiary/aromatic N) is 4. The van der Waals surface area contributed by atoms with Crippen LogP contribution in [0, 0.1) is 6.92 Å². The number of carbonyl (C=O) groups is 1. The molecule has 1 fully saturated rings. The van der Waals surface area contributed by atoms with Gasteiger partial charge in [-0.1, -0.05) is 23.7 Å². The van der Waals surface area contributed by atoms with Crippen LogP contribution in [0.25, 0.3) is 5.82 Å². The number of hydrogen-bond acceptors (Lipinski definition) is 7. The summed E-state index contributed by atoms with van der Waals surface area (Å²) in [5, 5.41) is 6.70. The number of imidazole rings is 1. The quantitative estimate of drug-likeness (QED) is 0.526. The second-order valence-corrected chi connectivity index (χ2v) is 7.50. The molecule has 3 heterocycles. The molecule has 0 spiro atoms. The number of nitrogens with two attached hydrogens (primary N) is 1. The van der Waals surface area contributed by atoms with E-state index in [4.69, 9.17) is 22.1 Å². The number of carbonyl (C=O) groups excluding carboxylic acids is 1. The minimum absolute atomic E-state index is 0.212. The summed E-state index contributed by atoms with van der Waals surface area (Å²) in [5.74, 6) is 0.818. The van der Waals surface area contributed by atoms with E-state index in [2.05, 4.69) is 25.6 Å². The first-order valence-electron chi connectivity index (χ1n) is 9.52. The SMILES string of the molecule is Cc1cnc(NC2COC2)nc1-n1cnc(C(=O)NC(CN)c2cccc(Cl)c2)c1. The van der Waals surface area contributed by atoms with Crippen molar-refractivity contribution in [2.45, 2.75) is 19.0 Å². The van der Waals surface area contributed by atoms with Crippen LogP contribution in [0.3, 0.4) is 0 Å². The molecule has 9 nitrogen and oxygen atoms in total. The van der Waals surface area contributed by atoms with E-state index >= 15 is 0 Å². The number of benzene rings is 1. The Balaban J connectivity index is 1.50. The van der Waals surface area contributed by atoms with Crippen LogP contribution in [0.15, 0.2) is 43.0 Å². The summed E-state index contributed by atoms with van der Waals surface area (Å²) >= 11 is 6.05. The van der Waals surface area contributed by atoms with Crippen molar-refractivity contribution in [3.63, 3.8) is 0 Å². The summed E-state index contributed by atoms with van der Waals surface area (Å²) in [5.41, 5.74) is 7.80. The van der Waals surface area contributed by atoms with Crippen molar-refractivity contribution in [1.29, 1.82) is 0 Å². The molecular weight excluding hydrogens is 406 g/mol. The number of aromatic nitrogens is 4. The molecule has 1 aromatic carbocycles. The Bertz CT molecular complexity index is 1050. The van der Waals surface area contributed by atoms with Crippen molar-refractivity contribution in [3.05, 3.63) is 64.8 Å². The zero-order valence-corrected chi connectivity index (χ0v) is 17.1. The lowest BCUT2D eigenvalue weighted by molar-refractivity contribution is 0.0208.